The van der Waals surface area contributed by atoms with E-state index in [-0.39, 0.29) is 25.3 Å². The third-order valence-electron chi connectivity index (χ3n) is 4.51. The lowest BCUT2D eigenvalue weighted by atomic mass is 10.0. The first kappa shape index (κ1) is 20.4. The minimum atomic E-state index is -1.18. The van der Waals surface area contributed by atoms with Crippen LogP contribution >= 0.6 is 0 Å². The van der Waals surface area contributed by atoms with Crippen LogP contribution in [-0.2, 0) is 11.3 Å². The first-order valence-electron chi connectivity index (χ1n) is 9.10. The van der Waals surface area contributed by atoms with E-state index in [4.69, 9.17) is 9.84 Å². The van der Waals surface area contributed by atoms with Gasteiger partial charge in [0, 0.05) is 17.4 Å². The number of hydrogen-bond acceptors (Lipinski definition) is 5. The van der Waals surface area contributed by atoms with E-state index in [1.807, 2.05) is 30.3 Å². The zero-order valence-corrected chi connectivity index (χ0v) is 15.5. The number of fused-ring (bicyclic) bond motifs is 1. The Morgan fingerprint density at radius 2 is 1.83 bits per heavy atom. The van der Waals surface area contributed by atoms with Gasteiger partial charge in [0.05, 0.1) is 6.10 Å². The van der Waals surface area contributed by atoms with Gasteiger partial charge in [-0.05, 0) is 29.7 Å². The lowest BCUT2D eigenvalue weighted by Gasteiger charge is -2.18. The van der Waals surface area contributed by atoms with E-state index in [1.165, 1.54) is 6.07 Å². The Morgan fingerprint density at radius 1 is 1.07 bits per heavy atom. The molecule has 2 aromatic carbocycles. The first-order chi connectivity index (χ1) is 13.9. The second-order valence-corrected chi connectivity index (χ2v) is 6.62. The quantitative estimate of drug-likeness (QED) is 0.396. The molecule has 8 nitrogen and oxygen atoms in total. The fraction of sp³-hybridized carbons (Fsp3) is 0.238. The second-order valence-electron chi connectivity index (χ2n) is 6.62. The Balaban J connectivity index is 1.48. The van der Waals surface area contributed by atoms with Gasteiger partial charge in [-0.15, -0.1) is 0 Å². The molecule has 0 aliphatic heterocycles. The predicted molar refractivity (Wildman–Crippen MR) is 105 cm³/mol. The number of carbonyl (C=O) groups is 2. The summed E-state index contributed by atoms with van der Waals surface area (Å²) in [6, 6.07) is 15.6. The molecular weight excluding hydrogens is 376 g/mol. The summed E-state index contributed by atoms with van der Waals surface area (Å²) in [6.07, 6.45) is -2.79. The molecule has 152 valence electrons. The molecule has 1 aromatic heterocycles. The third kappa shape index (κ3) is 5.34. The van der Waals surface area contributed by atoms with Crippen molar-refractivity contribution >= 4 is 23.0 Å². The zero-order valence-electron chi connectivity index (χ0n) is 15.5. The highest BCUT2D eigenvalue weighted by molar-refractivity contribution is 5.93. The molecule has 0 saturated heterocycles. The Labute approximate surface area is 166 Å². The van der Waals surface area contributed by atoms with E-state index in [0.29, 0.717) is 16.5 Å². The number of aromatic amines is 1. The number of aromatic carboxylic acids is 1. The molecule has 3 aromatic rings. The molecule has 29 heavy (non-hydrogen) atoms. The van der Waals surface area contributed by atoms with E-state index >= 15 is 0 Å². The molecule has 0 bridgehead atoms. The molecule has 2 unspecified atom stereocenters. The molecule has 0 fully saturated rings. The topological polar surface area (TPSA) is 132 Å². The Kier molecular flexibility index (Phi) is 6.48. The van der Waals surface area contributed by atoms with E-state index in [9.17, 15) is 19.8 Å². The van der Waals surface area contributed by atoms with Crippen molar-refractivity contribution in [2.75, 3.05) is 6.54 Å². The van der Waals surface area contributed by atoms with Crippen LogP contribution in [0.15, 0.2) is 54.6 Å². The van der Waals surface area contributed by atoms with Crippen molar-refractivity contribution in [2.45, 2.75) is 25.2 Å². The number of aromatic nitrogens is 1. The lowest BCUT2D eigenvalue weighted by molar-refractivity contribution is 0.0137. The van der Waals surface area contributed by atoms with Crippen LogP contribution in [0.4, 0.5) is 4.79 Å². The number of hydrogen-bond donors (Lipinski definition) is 5. The molecule has 1 amide bonds. The average Bonchev–Trinajstić information content (AvgIpc) is 3.16. The highest BCUT2D eigenvalue weighted by Crippen LogP contribution is 2.24. The summed E-state index contributed by atoms with van der Waals surface area (Å²) in [5.41, 5.74) is 1.90. The van der Waals surface area contributed by atoms with Crippen LogP contribution in [0, 0.1) is 0 Å². The van der Waals surface area contributed by atoms with Crippen molar-refractivity contribution in [2.24, 2.45) is 0 Å². The molecule has 0 saturated carbocycles. The predicted octanol–water partition coefficient (Wildman–Crippen LogP) is 2.58. The Bertz CT molecular complexity index is 985. The normalized spacial score (nSPS) is 13.0. The van der Waals surface area contributed by atoms with Gasteiger partial charge in [-0.1, -0.05) is 42.5 Å². The van der Waals surface area contributed by atoms with Crippen LogP contribution in [0.1, 0.15) is 34.1 Å². The molecular formula is C21H22N2O6. The number of carboxylic acid groups (broad SMARTS) is 1. The minimum Gasteiger partial charge on any atom is -0.477 e. The maximum absolute atomic E-state index is 11.7. The number of amides is 1. The number of aliphatic hydroxyl groups excluding tert-OH is 2. The summed E-state index contributed by atoms with van der Waals surface area (Å²) < 4.78 is 5.08. The molecule has 5 N–H and O–H groups in total. The van der Waals surface area contributed by atoms with Gasteiger partial charge >= 0.3 is 12.1 Å². The van der Waals surface area contributed by atoms with Gasteiger partial charge in [0.15, 0.2) is 0 Å². The summed E-state index contributed by atoms with van der Waals surface area (Å²) in [6.45, 7) is 0.270. The molecule has 0 aliphatic rings. The zero-order chi connectivity index (χ0) is 20.8. The van der Waals surface area contributed by atoms with Gasteiger partial charge in [-0.25, -0.2) is 9.59 Å². The van der Waals surface area contributed by atoms with Crippen LogP contribution in [0.3, 0.4) is 0 Å². The molecule has 0 aliphatic carbocycles. The van der Waals surface area contributed by atoms with Crippen LogP contribution in [0.25, 0.3) is 10.9 Å². The summed E-state index contributed by atoms with van der Waals surface area (Å²) in [7, 11) is 0. The van der Waals surface area contributed by atoms with Crippen LogP contribution in [-0.4, -0.2) is 45.0 Å². The largest absolute Gasteiger partial charge is 0.477 e. The monoisotopic (exact) mass is 398 g/mol. The highest BCUT2D eigenvalue weighted by atomic mass is 16.5. The lowest BCUT2D eigenvalue weighted by Crippen LogP contribution is -2.29. The van der Waals surface area contributed by atoms with E-state index in [2.05, 4.69) is 10.3 Å². The number of carbonyl (C=O) groups excluding carboxylic acids is 1. The number of alkyl carbamates (subject to hydrolysis) is 1. The number of carboxylic acids is 1. The van der Waals surface area contributed by atoms with Gasteiger partial charge in [-0.2, -0.15) is 0 Å². The molecule has 1 heterocycles. The number of aliphatic hydroxyl groups is 2. The van der Waals surface area contributed by atoms with Crippen molar-refractivity contribution in [3.63, 3.8) is 0 Å². The van der Waals surface area contributed by atoms with Gasteiger partial charge in [-0.3, -0.25) is 0 Å². The van der Waals surface area contributed by atoms with Gasteiger partial charge < -0.3 is 30.4 Å². The molecule has 2 atom stereocenters. The molecule has 3 rings (SSSR count). The van der Waals surface area contributed by atoms with Crippen molar-refractivity contribution in [1.82, 2.24) is 10.3 Å². The Hall–Kier alpha value is -3.36. The van der Waals surface area contributed by atoms with Gasteiger partial charge in [0.1, 0.15) is 18.4 Å². The number of benzene rings is 2. The van der Waals surface area contributed by atoms with Crippen LogP contribution in [0.5, 0.6) is 0 Å². The minimum absolute atomic E-state index is 0.0467. The molecule has 0 spiro atoms. The standard InChI is InChI=1S/C21H22N2O6/c24-18(8-9-22-21(28)29-12-13-4-2-1-3-5-13)19(25)15-7-6-14-10-17(20(26)27)23-16(14)11-15/h1-7,10-11,18-19,23-25H,8-9,12H2,(H,22,28)(H,26,27). The average molecular weight is 398 g/mol. The Morgan fingerprint density at radius 3 is 2.55 bits per heavy atom. The van der Waals surface area contributed by atoms with Crippen molar-refractivity contribution in [1.29, 1.82) is 0 Å². The van der Waals surface area contributed by atoms with Crippen LogP contribution in [0.2, 0.25) is 0 Å². The molecule has 0 radical (unpaired) electrons. The number of nitrogens with one attached hydrogen (secondary N) is 2. The summed E-state index contributed by atoms with van der Waals surface area (Å²) >= 11 is 0. The maximum Gasteiger partial charge on any atom is 0.407 e. The van der Waals surface area contributed by atoms with Crippen LogP contribution < -0.4 is 5.32 Å². The van der Waals surface area contributed by atoms with Gasteiger partial charge in [0.2, 0.25) is 0 Å². The fourth-order valence-electron chi connectivity index (χ4n) is 2.92. The number of H-pyrrole nitrogens is 1. The summed E-state index contributed by atoms with van der Waals surface area (Å²) in [4.78, 5) is 25.5. The highest BCUT2D eigenvalue weighted by Gasteiger charge is 2.19. The molecule has 8 heteroatoms. The summed E-state index contributed by atoms with van der Waals surface area (Å²) in [5.74, 6) is -1.08. The second kappa shape index (κ2) is 9.22. The third-order valence-corrected chi connectivity index (χ3v) is 4.51. The van der Waals surface area contributed by atoms with E-state index in [1.54, 1.807) is 18.2 Å². The van der Waals surface area contributed by atoms with E-state index in [0.717, 1.165) is 5.56 Å². The SMILES string of the molecule is O=C(NCCC(O)C(O)c1ccc2cc(C(=O)O)[nH]c2c1)OCc1ccccc1. The fourth-order valence-corrected chi connectivity index (χ4v) is 2.92. The van der Waals surface area contributed by atoms with Crippen molar-refractivity contribution < 1.29 is 29.6 Å². The van der Waals surface area contributed by atoms with Crippen molar-refractivity contribution in [3.8, 4) is 0 Å². The first-order valence-corrected chi connectivity index (χ1v) is 9.10. The van der Waals surface area contributed by atoms with Crippen molar-refractivity contribution in [3.05, 3.63) is 71.4 Å². The van der Waals surface area contributed by atoms with E-state index < -0.39 is 24.3 Å². The number of rotatable bonds is 8. The number of ether oxygens (including phenoxy) is 1. The summed E-state index contributed by atoms with van der Waals surface area (Å²) in [5, 5.41) is 32.8. The maximum atomic E-state index is 11.7. The van der Waals surface area contributed by atoms with Gasteiger partial charge in [0.25, 0.3) is 0 Å². The smallest absolute Gasteiger partial charge is 0.407 e.